The molecular formula is C13H16N2O3S. The molecule has 0 saturated carbocycles. The molecule has 0 atom stereocenters. The number of aromatic nitrogens is 1. The van der Waals surface area contributed by atoms with Crippen LogP contribution in [0.25, 0.3) is 11.1 Å². The summed E-state index contributed by atoms with van der Waals surface area (Å²) >= 11 is 0. The van der Waals surface area contributed by atoms with E-state index in [9.17, 15) is 8.42 Å². The standard InChI is InChI=1S/C13H16N2O3S/c1-14(2)19(16,17)15-10-12(9-13(15)18-3)11-7-5-4-6-8-11/h4-10H,1-3H3. The number of methoxy groups -OCH3 is 1. The van der Waals surface area contributed by atoms with E-state index in [2.05, 4.69) is 0 Å². The van der Waals surface area contributed by atoms with Gasteiger partial charge in [-0.2, -0.15) is 12.7 Å². The van der Waals surface area contributed by atoms with E-state index in [-0.39, 0.29) is 5.88 Å². The number of benzene rings is 1. The van der Waals surface area contributed by atoms with Crippen molar-refractivity contribution in [3.8, 4) is 17.0 Å². The highest BCUT2D eigenvalue weighted by molar-refractivity contribution is 7.87. The van der Waals surface area contributed by atoms with Gasteiger partial charge in [-0.05, 0) is 5.56 Å². The predicted molar refractivity (Wildman–Crippen MR) is 74.4 cm³/mol. The van der Waals surface area contributed by atoms with Crippen LogP contribution >= 0.6 is 0 Å². The van der Waals surface area contributed by atoms with Gasteiger partial charge in [-0.3, -0.25) is 0 Å². The second-order valence-corrected chi connectivity index (χ2v) is 6.24. The van der Waals surface area contributed by atoms with Crippen LogP contribution in [0.4, 0.5) is 0 Å². The van der Waals surface area contributed by atoms with E-state index in [0.717, 1.165) is 19.4 Å². The molecule has 0 radical (unpaired) electrons. The zero-order chi connectivity index (χ0) is 14.0. The number of hydrogen-bond donors (Lipinski definition) is 0. The van der Waals surface area contributed by atoms with Crippen molar-refractivity contribution in [2.75, 3.05) is 21.2 Å². The molecule has 19 heavy (non-hydrogen) atoms. The third-order valence-electron chi connectivity index (χ3n) is 2.78. The van der Waals surface area contributed by atoms with Crippen molar-refractivity contribution in [1.82, 2.24) is 8.28 Å². The zero-order valence-corrected chi connectivity index (χ0v) is 11.9. The molecule has 2 rings (SSSR count). The lowest BCUT2D eigenvalue weighted by Gasteiger charge is -2.13. The largest absolute Gasteiger partial charge is 0.481 e. The van der Waals surface area contributed by atoms with Gasteiger partial charge in [0.25, 0.3) is 0 Å². The Morgan fingerprint density at radius 3 is 2.26 bits per heavy atom. The van der Waals surface area contributed by atoms with E-state index in [0.29, 0.717) is 0 Å². The van der Waals surface area contributed by atoms with Gasteiger partial charge in [0.1, 0.15) is 0 Å². The Bertz CT molecular complexity index is 660. The molecule has 0 aliphatic rings. The van der Waals surface area contributed by atoms with E-state index in [4.69, 9.17) is 4.74 Å². The van der Waals surface area contributed by atoms with E-state index in [1.54, 1.807) is 12.3 Å². The molecule has 2 aromatic rings. The van der Waals surface area contributed by atoms with Gasteiger partial charge < -0.3 is 4.74 Å². The van der Waals surface area contributed by atoms with Gasteiger partial charge in [-0.1, -0.05) is 30.3 Å². The Labute approximate surface area is 113 Å². The second-order valence-electron chi connectivity index (χ2n) is 4.22. The van der Waals surface area contributed by atoms with Crippen LogP contribution in [-0.4, -0.2) is 37.9 Å². The fourth-order valence-corrected chi connectivity index (χ4v) is 2.67. The second kappa shape index (κ2) is 5.07. The van der Waals surface area contributed by atoms with E-state index >= 15 is 0 Å². The Hall–Kier alpha value is -1.79. The molecule has 0 aliphatic carbocycles. The first-order valence-corrected chi connectivity index (χ1v) is 7.11. The van der Waals surface area contributed by atoms with Crippen LogP contribution < -0.4 is 4.74 Å². The van der Waals surface area contributed by atoms with E-state index < -0.39 is 10.2 Å². The fraction of sp³-hybridized carbons (Fsp3) is 0.231. The van der Waals surface area contributed by atoms with Crippen molar-refractivity contribution in [2.45, 2.75) is 0 Å². The van der Waals surface area contributed by atoms with Crippen molar-refractivity contribution in [3.05, 3.63) is 42.6 Å². The van der Waals surface area contributed by atoms with Crippen LogP contribution in [0.15, 0.2) is 42.6 Å². The SMILES string of the molecule is COc1cc(-c2ccccc2)cn1S(=O)(=O)N(C)C. The molecule has 5 nitrogen and oxygen atoms in total. The molecule has 0 bridgehead atoms. The predicted octanol–water partition coefficient (Wildman–Crippen LogP) is 1.82. The maximum atomic E-state index is 12.2. The summed E-state index contributed by atoms with van der Waals surface area (Å²) in [6.07, 6.45) is 1.56. The van der Waals surface area contributed by atoms with Gasteiger partial charge >= 0.3 is 10.2 Å². The third kappa shape index (κ3) is 2.50. The van der Waals surface area contributed by atoms with Crippen LogP contribution in [0.3, 0.4) is 0 Å². The van der Waals surface area contributed by atoms with Crippen LogP contribution in [0.2, 0.25) is 0 Å². The summed E-state index contributed by atoms with van der Waals surface area (Å²) in [6, 6.07) is 11.3. The first kappa shape index (κ1) is 13.6. The Morgan fingerprint density at radius 2 is 1.74 bits per heavy atom. The molecule has 0 spiro atoms. The number of rotatable bonds is 4. The summed E-state index contributed by atoms with van der Waals surface area (Å²) in [5.41, 5.74) is 1.73. The van der Waals surface area contributed by atoms with Crippen molar-refractivity contribution in [3.63, 3.8) is 0 Å². The van der Waals surface area contributed by atoms with Crippen molar-refractivity contribution in [1.29, 1.82) is 0 Å². The lowest BCUT2D eigenvalue weighted by Crippen LogP contribution is -2.28. The molecular weight excluding hydrogens is 264 g/mol. The molecule has 102 valence electrons. The van der Waals surface area contributed by atoms with E-state index in [1.807, 2.05) is 30.3 Å². The van der Waals surface area contributed by atoms with Crippen molar-refractivity contribution >= 4 is 10.2 Å². The molecule has 6 heteroatoms. The molecule has 0 amide bonds. The average Bonchev–Trinajstić information content (AvgIpc) is 2.84. The highest BCUT2D eigenvalue weighted by Crippen LogP contribution is 2.27. The monoisotopic (exact) mass is 280 g/mol. The zero-order valence-electron chi connectivity index (χ0n) is 11.1. The average molecular weight is 280 g/mol. The minimum atomic E-state index is -3.58. The third-order valence-corrected chi connectivity index (χ3v) is 4.48. The van der Waals surface area contributed by atoms with Crippen molar-refractivity contribution in [2.24, 2.45) is 0 Å². The van der Waals surface area contributed by atoms with Gasteiger partial charge in [0.2, 0.25) is 5.88 Å². The minimum absolute atomic E-state index is 0.285. The number of hydrogen-bond acceptors (Lipinski definition) is 3. The van der Waals surface area contributed by atoms with E-state index in [1.165, 1.54) is 21.2 Å². The van der Waals surface area contributed by atoms with Crippen molar-refractivity contribution < 1.29 is 13.2 Å². The number of ether oxygens (including phenoxy) is 1. The molecule has 1 aromatic carbocycles. The summed E-state index contributed by atoms with van der Waals surface area (Å²) < 4.78 is 31.7. The van der Waals surface area contributed by atoms with Gasteiger partial charge in [0.15, 0.2) is 0 Å². The quantitative estimate of drug-likeness (QED) is 0.858. The lowest BCUT2D eigenvalue weighted by atomic mass is 10.1. The molecule has 0 unspecified atom stereocenters. The lowest BCUT2D eigenvalue weighted by molar-refractivity contribution is 0.389. The highest BCUT2D eigenvalue weighted by atomic mass is 32.2. The first-order chi connectivity index (χ1) is 8.96. The molecule has 1 heterocycles. The minimum Gasteiger partial charge on any atom is -0.481 e. The molecule has 0 N–H and O–H groups in total. The Morgan fingerprint density at radius 1 is 1.11 bits per heavy atom. The maximum Gasteiger partial charge on any atom is 0.309 e. The van der Waals surface area contributed by atoms with Crippen LogP contribution in [-0.2, 0) is 10.2 Å². The summed E-state index contributed by atoms with van der Waals surface area (Å²) in [4.78, 5) is 0. The smallest absolute Gasteiger partial charge is 0.309 e. The molecule has 0 fully saturated rings. The Kier molecular flexibility index (Phi) is 3.64. The summed E-state index contributed by atoms with van der Waals surface area (Å²) in [6.45, 7) is 0. The first-order valence-electron chi connectivity index (χ1n) is 5.71. The van der Waals surface area contributed by atoms with Crippen LogP contribution in [0.1, 0.15) is 0 Å². The van der Waals surface area contributed by atoms with Crippen LogP contribution in [0.5, 0.6) is 5.88 Å². The Balaban J connectivity index is 2.56. The summed E-state index contributed by atoms with van der Waals surface area (Å²) in [7, 11) is 0.835. The summed E-state index contributed by atoms with van der Waals surface area (Å²) in [5.74, 6) is 0.285. The molecule has 0 saturated heterocycles. The molecule has 1 aromatic heterocycles. The van der Waals surface area contributed by atoms with Gasteiger partial charge in [-0.25, -0.2) is 3.97 Å². The van der Waals surface area contributed by atoms with Gasteiger partial charge in [0.05, 0.1) is 7.11 Å². The molecule has 0 aliphatic heterocycles. The fourth-order valence-electron chi connectivity index (χ4n) is 1.72. The highest BCUT2D eigenvalue weighted by Gasteiger charge is 2.21. The van der Waals surface area contributed by atoms with Crippen LogP contribution in [0, 0.1) is 0 Å². The maximum absolute atomic E-state index is 12.2. The normalized spacial score (nSPS) is 11.8. The summed E-state index contributed by atoms with van der Waals surface area (Å²) in [5, 5.41) is 0. The van der Waals surface area contributed by atoms with Gasteiger partial charge in [0, 0.05) is 31.9 Å². The topological polar surface area (TPSA) is 51.5 Å². The number of nitrogens with zero attached hydrogens (tertiary/aromatic N) is 2. The van der Waals surface area contributed by atoms with Gasteiger partial charge in [-0.15, -0.1) is 0 Å².